The van der Waals surface area contributed by atoms with Crippen LogP contribution >= 0.6 is 11.6 Å². The summed E-state index contributed by atoms with van der Waals surface area (Å²) in [4.78, 5) is 23.1. The van der Waals surface area contributed by atoms with Crippen LogP contribution in [0.5, 0.6) is 5.75 Å². The maximum absolute atomic E-state index is 11.6. The Bertz CT molecular complexity index is 729. The van der Waals surface area contributed by atoms with Crippen LogP contribution in [0.2, 0.25) is 5.02 Å². The van der Waals surface area contributed by atoms with Gasteiger partial charge in [-0.2, -0.15) is 0 Å². The molecular formula is C15H13ClN2O3. The lowest BCUT2D eigenvalue weighted by Crippen LogP contribution is -2.15. The van der Waals surface area contributed by atoms with Crippen LogP contribution in [0.1, 0.15) is 20.7 Å². The molecule has 0 spiro atoms. The minimum atomic E-state index is -0.713. The van der Waals surface area contributed by atoms with Crippen molar-refractivity contribution in [2.45, 2.75) is 0 Å². The first kappa shape index (κ1) is 14.9. The van der Waals surface area contributed by atoms with Crippen LogP contribution in [0.25, 0.3) is 11.1 Å². The lowest BCUT2D eigenvalue weighted by Gasteiger charge is -2.13. The Labute approximate surface area is 126 Å². The number of carbonyl (C=O) groups excluding carboxylic acids is 2. The summed E-state index contributed by atoms with van der Waals surface area (Å²) in [5.74, 6) is -1.03. The van der Waals surface area contributed by atoms with E-state index in [9.17, 15) is 9.59 Å². The molecule has 0 aliphatic carbocycles. The molecule has 0 aromatic heterocycles. The summed E-state index contributed by atoms with van der Waals surface area (Å²) in [6.07, 6.45) is 0. The van der Waals surface area contributed by atoms with Crippen molar-refractivity contribution >= 4 is 23.4 Å². The van der Waals surface area contributed by atoms with Gasteiger partial charge in [-0.25, -0.2) is 0 Å². The molecule has 0 saturated heterocycles. The number of primary amides is 2. The van der Waals surface area contributed by atoms with Crippen molar-refractivity contribution in [2.24, 2.45) is 11.5 Å². The van der Waals surface area contributed by atoms with Gasteiger partial charge in [-0.05, 0) is 23.8 Å². The molecule has 0 aliphatic rings. The van der Waals surface area contributed by atoms with E-state index in [0.717, 1.165) is 0 Å². The number of hydrogen-bond donors (Lipinski definition) is 2. The number of hydrogen-bond acceptors (Lipinski definition) is 3. The highest BCUT2D eigenvalue weighted by molar-refractivity contribution is 6.37. The molecular weight excluding hydrogens is 292 g/mol. The number of amides is 2. The van der Waals surface area contributed by atoms with Gasteiger partial charge in [-0.3, -0.25) is 9.59 Å². The number of carbonyl (C=O) groups is 2. The number of rotatable bonds is 4. The zero-order chi connectivity index (χ0) is 15.6. The highest BCUT2D eigenvalue weighted by atomic mass is 35.5. The Hall–Kier alpha value is -2.53. The van der Waals surface area contributed by atoms with Crippen LogP contribution in [-0.4, -0.2) is 18.9 Å². The Balaban J connectivity index is 2.75. The lowest BCUT2D eigenvalue weighted by molar-refractivity contribution is 0.0991. The van der Waals surface area contributed by atoms with Gasteiger partial charge in [0.1, 0.15) is 11.3 Å². The molecule has 0 aliphatic heterocycles. The average molecular weight is 305 g/mol. The predicted octanol–water partition coefficient (Wildman–Crippen LogP) is 2.21. The maximum Gasteiger partial charge on any atom is 0.254 e. The van der Waals surface area contributed by atoms with Crippen LogP contribution < -0.4 is 16.2 Å². The molecule has 0 saturated carbocycles. The first-order valence-corrected chi connectivity index (χ1v) is 6.40. The third kappa shape index (κ3) is 2.68. The Morgan fingerprint density at radius 1 is 1.00 bits per heavy atom. The first-order valence-electron chi connectivity index (χ1n) is 6.02. The molecule has 0 heterocycles. The first-order chi connectivity index (χ1) is 9.97. The third-order valence-corrected chi connectivity index (χ3v) is 3.45. The van der Waals surface area contributed by atoms with Crippen LogP contribution in [0, 0.1) is 0 Å². The normalized spacial score (nSPS) is 10.2. The van der Waals surface area contributed by atoms with Gasteiger partial charge in [0.05, 0.1) is 12.1 Å². The predicted molar refractivity (Wildman–Crippen MR) is 80.5 cm³/mol. The quantitative estimate of drug-likeness (QED) is 0.906. The van der Waals surface area contributed by atoms with E-state index in [1.165, 1.54) is 7.11 Å². The highest BCUT2D eigenvalue weighted by Gasteiger charge is 2.20. The summed E-state index contributed by atoms with van der Waals surface area (Å²) in [5.41, 5.74) is 12.1. The fourth-order valence-corrected chi connectivity index (χ4v) is 2.45. The summed E-state index contributed by atoms with van der Waals surface area (Å²) in [7, 11) is 1.41. The number of methoxy groups -OCH3 is 1. The average Bonchev–Trinajstić information content (AvgIpc) is 2.46. The molecule has 2 aromatic carbocycles. The van der Waals surface area contributed by atoms with Crippen molar-refractivity contribution in [1.82, 2.24) is 0 Å². The molecule has 21 heavy (non-hydrogen) atoms. The Morgan fingerprint density at radius 3 is 2.24 bits per heavy atom. The molecule has 2 rings (SSSR count). The number of halogens is 1. The molecule has 4 N–H and O–H groups in total. The molecule has 108 valence electrons. The molecule has 0 radical (unpaired) electrons. The van der Waals surface area contributed by atoms with Crippen molar-refractivity contribution in [3.05, 3.63) is 52.5 Å². The fraction of sp³-hybridized carbons (Fsp3) is 0.0667. The largest absolute Gasteiger partial charge is 0.496 e. The van der Waals surface area contributed by atoms with Gasteiger partial charge in [-0.1, -0.05) is 29.8 Å². The van der Waals surface area contributed by atoms with Crippen LogP contribution in [0.4, 0.5) is 0 Å². The second-order valence-corrected chi connectivity index (χ2v) is 4.66. The molecule has 0 unspecified atom stereocenters. The third-order valence-electron chi connectivity index (χ3n) is 3.05. The minimum Gasteiger partial charge on any atom is -0.496 e. The molecule has 0 atom stereocenters. The van der Waals surface area contributed by atoms with Crippen LogP contribution in [0.15, 0.2) is 36.4 Å². The molecule has 2 amide bonds. The molecule has 0 fully saturated rings. The summed E-state index contributed by atoms with van der Waals surface area (Å²) < 4.78 is 5.08. The van der Waals surface area contributed by atoms with E-state index < -0.39 is 11.8 Å². The second-order valence-electron chi connectivity index (χ2n) is 4.28. The summed E-state index contributed by atoms with van der Waals surface area (Å²) >= 11 is 6.27. The smallest absolute Gasteiger partial charge is 0.254 e. The van der Waals surface area contributed by atoms with Crippen molar-refractivity contribution in [2.75, 3.05) is 7.11 Å². The Morgan fingerprint density at radius 2 is 1.67 bits per heavy atom. The van der Waals surface area contributed by atoms with Gasteiger partial charge in [0.25, 0.3) is 5.91 Å². The van der Waals surface area contributed by atoms with E-state index >= 15 is 0 Å². The highest BCUT2D eigenvalue weighted by Crippen LogP contribution is 2.37. The van der Waals surface area contributed by atoms with E-state index in [1.807, 2.05) is 0 Å². The van der Waals surface area contributed by atoms with Gasteiger partial charge in [-0.15, -0.1) is 0 Å². The number of benzene rings is 2. The molecule has 0 bridgehead atoms. The summed E-state index contributed by atoms with van der Waals surface area (Å²) in [6, 6.07) is 9.93. The molecule has 2 aromatic rings. The van der Waals surface area contributed by atoms with Crippen molar-refractivity contribution < 1.29 is 14.3 Å². The fourth-order valence-electron chi connectivity index (χ4n) is 2.10. The zero-order valence-electron chi connectivity index (χ0n) is 11.2. The van der Waals surface area contributed by atoms with Gasteiger partial charge >= 0.3 is 0 Å². The van der Waals surface area contributed by atoms with Crippen LogP contribution in [0.3, 0.4) is 0 Å². The number of ether oxygens (including phenoxy) is 1. The van der Waals surface area contributed by atoms with Gasteiger partial charge < -0.3 is 16.2 Å². The van der Waals surface area contributed by atoms with E-state index in [-0.39, 0.29) is 16.3 Å². The van der Waals surface area contributed by atoms with Crippen molar-refractivity contribution in [3.8, 4) is 16.9 Å². The van der Waals surface area contributed by atoms with E-state index in [1.54, 1.807) is 36.4 Å². The SMILES string of the molecule is COc1ccc(-c2ccccc2C(N)=O)c(Cl)c1C(N)=O. The van der Waals surface area contributed by atoms with Crippen LogP contribution in [-0.2, 0) is 0 Å². The minimum absolute atomic E-state index is 0.0657. The summed E-state index contributed by atoms with van der Waals surface area (Å²) in [5, 5.41) is 0.121. The molecule has 6 heteroatoms. The van der Waals surface area contributed by atoms with Crippen molar-refractivity contribution in [1.29, 1.82) is 0 Å². The zero-order valence-corrected chi connectivity index (χ0v) is 12.0. The lowest BCUT2D eigenvalue weighted by atomic mass is 9.97. The van der Waals surface area contributed by atoms with Gasteiger partial charge in [0.15, 0.2) is 0 Å². The Kier molecular flexibility index (Phi) is 4.14. The van der Waals surface area contributed by atoms with Gasteiger partial charge in [0, 0.05) is 11.1 Å². The van der Waals surface area contributed by atoms with E-state index in [0.29, 0.717) is 16.7 Å². The van der Waals surface area contributed by atoms with Gasteiger partial charge in [0.2, 0.25) is 5.91 Å². The number of nitrogens with two attached hydrogens (primary N) is 2. The molecule has 5 nitrogen and oxygen atoms in total. The van der Waals surface area contributed by atoms with E-state index in [4.69, 9.17) is 27.8 Å². The van der Waals surface area contributed by atoms with Crippen molar-refractivity contribution in [3.63, 3.8) is 0 Å². The topological polar surface area (TPSA) is 95.4 Å². The maximum atomic E-state index is 11.6. The summed E-state index contributed by atoms with van der Waals surface area (Å²) in [6.45, 7) is 0. The monoisotopic (exact) mass is 304 g/mol. The standard InChI is InChI=1S/C15H13ClN2O3/c1-21-11-7-6-9(13(16)12(11)15(18)20)8-4-2-3-5-10(8)14(17)19/h2-7H,1H3,(H2,17,19)(H2,18,20). The van der Waals surface area contributed by atoms with E-state index in [2.05, 4.69) is 0 Å². The second kappa shape index (κ2) is 5.85.